The number of sulfonamides is 1. The number of hydrogen-bond acceptors (Lipinski definition) is 2. The number of halogens is 4. The van der Waals surface area contributed by atoms with E-state index in [0.29, 0.717) is 6.07 Å². The molecule has 0 radical (unpaired) electrons. The van der Waals surface area contributed by atoms with E-state index in [9.17, 15) is 21.6 Å². The molecule has 0 aliphatic heterocycles. The molecule has 0 aliphatic rings. The van der Waals surface area contributed by atoms with Gasteiger partial charge in [0.15, 0.2) is 0 Å². The predicted molar refractivity (Wildman–Crippen MR) is 92.4 cm³/mol. The van der Waals surface area contributed by atoms with Crippen LogP contribution >= 0.6 is 11.6 Å². The van der Waals surface area contributed by atoms with E-state index in [4.69, 9.17) is 11.6 Å². The maximum atomic E-state index is 12.9. The summed E-state index contributed by atoms with van der Waals surface area (Å²) in [5, 5.41) is -0.495. The van der Waals surface area contributed by atoms with Crippen LogP contribution in [-0.2, 0) is 21.6 Å². The second-order valence-electron chi connectivity index (χ2n) is 6.57. The fourth-order valence-electron chi connectivity index (χ4n) is 2.15. The van der Waals surface area contributed by atoms with Gasteiger partial charge in [0.25, 0.3) is 10.0 Å². The first-order valence-electron chi connectivity index (χ1n) is 7.31. The molecule has 1 N–H and O–H groups in total. The van der Waals surface area contributed by atoms with Crippen LogP contribution in [0.5, 0.6) is 0 Å². The SMILES string of the molecule is CC(C)(C)c1ccc(S(=O)(=O)Nc2ccc(Cl)c(C(F)(F)F)c2)cc1. The van der Waals surface area contributed by atoms with Crippen LogP contribution in [0.25, 0.3) is 0 Å². The zero-order chi connectivity index (χ0) is 19.0. The van der Waals surface area contributed by atoms with E-state index < -0.39 is 26.8 Å². The molecule has 0 aromatic heterocycles. The Labute approximate surface area is 149 Å². The minimum absolute atomic E-state index is 0.0380. The van der Waals surface area contributed by atoms with Crippen LogP contribution in [0, 0.1) is 0 Å². The van der Waals surface area contributed by atoms with Crippen molar-refractivity contribution in [3.8, 4) is 0 Å². The number of benzene rings is 2. The molecule has 0 atom stereocenters. The van der Waals surface area contributed by atoms with Crippen molar-refractivity contribution < 1.29 is 21.6 Å². The van der Waals surface area contributed by atoms with Gasteiger partial charge in [-0.2, -0.15) is 13.2 Å². The van der Waals surface area contributed by atoms with Crippen LogP contribution < -0.4 is 4.72 Å². The molecular weight excluding hydrogens is 375 g/mol. The minimum atomic E-state index is -4.67. The van der Waals surface area contributed by atoms with Crippen molar-refractivity contribution in [3.05, 3.63) is 58.6 Å². The standard InChI is InChI=1S/C17H17ClF3NO2S/c1-16(2,3)11-4-7-13(8-5-11)25(23,24)22-12-6-9-15(18)14(10-12)17(19,20)21/h4-10,22H,1-3H3. The second kappa shape index (κ2) is 6.53. The van der Waals surface area contributed by atoms with Gasteiger partial charge in [0.05, 0.1) is 15.5 Å². The quantitative estimate of drug-likeness (QED) is 0.755. The lowest BCUT2D eigenvalue weighted by Crippen LogP contribution is -2.15. The molecule has 0 fully saturated rings. The molecule has 2 aromatic rings. The van der Waals surface area contributed by atoms with Crippen LogP contribution in [0.2, 0.25) is 5.02 Å². The Kier molecular flexibility index (Phi) is 5.12. The molecule has 2 rings (SSSR count). The third-order valence-corrected chi connectivity index (χ3v) is 5.28. The molecule has 25 heavy (non-hydrogen) atoms. The van der Waals surface area contributed by atoms with Crippen molar-refractivity contribution in [2.45, 2.75) is 37.3 Å². The zero-order valence-electron chi connectivity index (χ0n) is 13.8. The van der Waals surface area contributed by atoms with Gasteiger partial charge < -0.3 is 0 Å². The molecule has 136 valence electrons. The summed E-state index contributed by atoms with van der Waals surface area (Å²) in [7, 11) is -4.01. The van der Waals surface area contributed by atoms with Crippen LogP contribution in [0.3, 0.4) is 0 Å². The van der Waals surface area contributed by atoms with Crippen molar-refractivity contribution in [2.75, 3.05) is 4.72 Å². The first kappa shape index (κ1) is 19.6. The molecule has 0 saturated heterocycles. The van der Waals surface area contributed by atoms with Crippen molar-refractivity contribution in [2.24, 2.45) is 0 Å². The molecule has 0 bridgehead atoms. The lowest BCUT2D eigenvalue weighted by Gasteiger charge is -2.19. The number of anilines is 1. The third kappa shape index (κ3) is 4.67. The smallest absolute Gasteiger partial charge is 0.280 e. The maximum Gasteiger partial charge on any atom is 0.417 e. The highest BCUT2D eigenvalue weighted by molar-refractivity contribution is 7.92. The van der Waals surface area contributed by atoms with Crippen LogP contribution in [0.4, 0.5) is 18.9 Å². The number of hydrogen-bond donors (Lipinski definition) is 1. The molecule has 0 aliphatic carbocycles. The lowest BCUT2D eigenvalue weighted by molar-refractivity contribution is -0.137. The number of nitrogens with one attached hydrogen (secondary N) is 1. The molecule has 8 heteroatoms. The Balaban J connectivity index is 2.33. The molecular formula is C17H17ClF3NO2S. The summed E-state index contributed by atoms with van der Waals surface area (Å²) in [6, 6.07) is 9.05. The van der Waals surface area contributed by atoms with Crippen molar-refractivity contribution in [1.82, 2.24) is 0 Å². The Morgan fingerprint density at radius 1 is 0.960 bits per heavy atom. The van der Waals surface area contributed by atoms with E-state index in [2.05, 4.69) is 4.72 Å². The highest BCUT2D eigenvalue weighted by atomic mass is 35.5. The Morgan fingerprint density at radius 3 is 2.00 bits per heavy atom. The zero-order valence-corrected chi connectivity index (χ0v) is 15.4. The van der Waals surface area contributed by atoms with Crippen molar-refractivity contribution in [3.63, 3.8) is 0 Å². The van der Waals surface area contributed by atoms with Crippen molar-refractivity contribution in [1.29, 1.82) is 0 Å². The molecule has 2 aromatic carbocycles. The monoisotopic (exact) mass is 391 g/mol. The van der Waals surface area contributed by atoms with Gasteiger partial charge in [0.1, 0.15) is 0 Å². The van der Waals surface area contributed by atoms with Gasteiger partial charge in [-0.15, -0.1) is 0 Å². The fourth-order valence-corrected chi connectivity index (χ4v) is 3.43. The van der Waals surface area contributed by atoms with Gasteiger partial charge in [0, 0.05) is 5.69 Å². The van der Waals surface area contributed by atoms with Crippen molar-refractivity contribution >= 4 is 27.3 Å². The normalized spacial score (nSPS) is 12.9. The third-order valence-electron chi connectivity index (χ3n) is 3.55. The summed E-state index contributed by atoms with van der Waals surface area (Å²) >= 11 is 5.53. The first-order valence-corrected chi connectivity index (χ1v) is 9.17. The molecule has 0 saturated carbocycles. The Hall–Kier alpha value is -1.73. The van der Waals surface area contributed by atoms with Gasteiger partial charge in [-0.25, -0.2) is 8.42 Å². The van der Waals surface area contributed by atoms with E-state index >= 15 is 0 Å². The molecule has 0 heterocycles. The summed E-state index contributed by atoms with van der Waals surface area (Å²) in [5.74, 6) is 0. The summed E-state index contributed by atoms with van der Waals surface area (Å²) in [4.78, 5) is -0.0380. The van der Waals surface area contributed by atoms with Gasteiger partial charge in [-0.05, 0) is 41.3 Å². The lowest BCUT2D eigenvalue weighted by atomic mass is 9.87. The average Bonchev–Trinajstić information content (AvgIpc) is 2.47. The summed E-state index contributed by atoms with van der Waals surface area (Å²) < 4.78 is 65.5. The minimum Gasteiger partial charge on any atom is -0.280 e. The van der Waals surface area contributed by atoms with Gasteiger partial charge in [0.2, 0.25) is 0 Å². The van der Waals surface area contributed by atoms with Crippen LogP contribution in [0.1, 0.15) is 31.9 Å². The van der Waals surface area contributed by atoms with E-state index in [0.717, 1.165) is 11.6 Å². The van der Waals surface area contributed by atoms with Gasteiger partial charge >= 0.3 is 6.18 Å². The summed E-state index contributed by atoms with van der Waals surface area (Å²) in [6.07, 6.45) is -4.67. The largest absolute Gasteiger partial charge is 0.417 e. The van der Waals surface area contributed by atoms with E-state index in [-0.39, 0.29) is 16.0 Å². The number of rotatable bonds is 3. The Morgan fingerprint density at radius 2 is 1.52 bits per heavy atom. The molecule has 0 amide bonds. The maximum absolute atomic E-state index is 12.9. The fraction of sp³-hybridized carbons (Fsp3) is 0.294. The van der Waals surface area contributed by atoms with Gasteiger partial charge in [-0.1, -0.05) is 44.5 Å². The highest BCUT2D eigenvalue weighted by Gasteiger charge is 2.33. The van der Waals surface area contributed by atoms with E-state index in [1.165, 1.54) is 18.2 Å². The van der Waals surface area contributed by atoms with E-state index in [1.54, 1.807) is 12.1 Å². The van der Waals surface area contributed by atoms with E-state index in [1.807, 2.05) is 20.8 Å². The van der Waals surface area contributed by atoms with Crippen LogP contribution in [0.15, 0.2) is 47.4 Å². The number of alkyl halides is 3. The molecule has 0 unspecified atom stereocenters. The summed E-state index contributed by atoms with van der Waals surface area (Å²) in [6.45, 7) is 5.96. The average molecular weight is 392 g/mol. The highest BCUT2D eigenvalue weighted by Crippen LogP contribution is 2.36. The topological polar surface area (TPSA) is 46.2 Å². The van der Waals surface area contributed by atoms with Gasteiger partial charge in [-0.3, -0.25) is 4.72 Å². The predicted octanol–water partition coefficient (Wildman–Crippen LogP) is 5.46. The first-order chi connectivity index (χ1) is 11.3. The van der Waals surface area contributed by atoms with Crippen LogP contribution in [-0.4, -0.2) is 8.42 Å². The Bertz CT molecular complexity index is 870. The second-order valence-corrected chi connectivity index (χ2v) is 8.66. The molecule has 0 spiro atoms. The molecule has 3 nitrogen and oxygen atoms in total. The summed E-state index contributed by atoms with van der Waals surface area (Å²) in [5.41, 5.74) is -0.514.